The first-order chi connectivity index (χ1) is 15.0. The summed E-state index contributed by atoms with van der Waals surface area (Å²) in [6.45, 7) is -1.02. The van der Waals surface area contributed by atoms with Crippen molar-refractivity contribution in [3.8, 4) is 17.6 Å². The van der Waals surface area contributed by atoms with Crippen molar-refractivity contribution in [2.75, 3.05) is 13.2 Å². The van der Waals surface area contributed by atoms with Crippen LogP contribution in [-0.2, 0) is 17.9 Å². The number of hydrogen-bond acceptors (Lipinski definition) is 7. The number of aromatic amines is 1. The van der Waals surface area contributed by atoms with Gasteiger partial charge < -0.3 is 19.7 Å². The minimum absolute atomic E-state index is 0.226. The van der Waals surface area contributed by atoms with Gasteiger partial charge in [-0.3, -0.25) is 14.3 Å². The van der Waals surface area contributed by atoms with E-state index < -0.39 is 30.6 Å². The molecule has 2 aromatic carbocycles. The Hall–Kier alpha value is -3.71. The smallest absolute Gasteiger partial charge is 0.330 e. The molecular formula is C22H21N3O6. The number of nitriles is 1. The molecule has 0 bridgehead atoms. The molecule has 160 valence electrons. The number of rotatable bonds is 9. The van der Waals surface area contributed by atoms with Crippen LogP contribution in [0.5, 0.6) is 11.5 Å². The Bertz CT molecular complexity index is 1170. The highest BCUT2D eigenvalue weighted by atomic mass is 16.5. The van der Waals surface area contributed by atoms with Crippen LogP contribution in [0.3, 0.4) is 0 Å². The lowest BCUT2D eigenvalue weighted by Gasteiger charge is -2.14. The van der Waals surface area contributed by atoms with Crippen molar-refractivity contribution in [2.24, 2.45) is 0 Å². The van der Waals surface area contributed by atoms with Gasteiger partial charge in [0.1, 0.15) is 24.3 Å². The second kappa shape index (κ2) is 10.4. The van der Waals surface area contributed by atoms with Gasteiger partial charge in [0.25, 0.3) is 5.56 Å². The van der Waals surface area contributed by atoms with Crippen LogP contribution in [0.4, 0.5) is 0 Å². The predicted octanol–water partition coefficient (Wildman–Crippen LogP) is 1.12. The molecule has 0 saturated carbocycles. The molecule has 3 N–H and O–H groups in total. The summed E-state index contributed by atoms with van der Waals surface area (Å²) in [5, 5.41) is 27.0. The van der Waals surface area contributed by atoms with Crippen molar-refractivity contribution in [3.05, 3.63) is 92.3 Å². The first-order valence-electron chi connectivity index (χ1n) is 9.45. The molecule has 1 heterocycles. The quantitative estimate of drug-likeness (QED) is 0.469. The Balaban J connectivity index is 1.76. The molecule has 9 nitrogen and oxygen atoms in total. The summed E-state index contributed by atoms with van der Waals surface area (Å²) in [4.78, 5) is 26.5. The zero-order valence-electron chi connectivity index (χ0n) is 16.5. The Morgan fingerprint density at radius 3 is 2.48 bits per heavy atom. The van der Waals surface area contributed by atoms with E-state index in [1.807, 2.05) is 12.1 Å². The average molecular weight is 423 g/mol. The van der Waals surface area contributed by atoms with Crippen LogP contribution < -0.4 is 16.0 Å². The molecule has 0 spiro atoms. The highest BCUT2D eigenvalue weighted by Crippen LogP contribution is 2.23. The fourth-order valence-electron chi connectivity index (χ4n) is 2.80. The van der Waals surface area contributed by atoms with Crippen LogP contribution in [0.2, 0.25) is 0 Å². The molecule has 0 atom stereocenters. The minimum atomic E-state index is -0.821. The Labute approximate surface area is 177 Å². The maximum Gasteiger partial charge on any atom is 0.330 e. The van der Waals surface area contributed by atoms with E-state index in [1.165, 1.54) is 6.20 Å². The number of nitrogens with one attached hydrogen (secondary N) is 1. The lowest BCUT2D eigenvalue weighted by Crippen LogP contribution is -2.34. The van der Waals surface area contributed by atoms with Crippen LogP contribution in [-0.4, -0.2) is 39.1 Å². The number of aromatic nitrogens is 2. The molecule has 0 unspecified atom stereocenters. The maximum atomic E-state index is 12.2. The molecular weight excluding hydrogens is 402 g/mol. The monoisotopic (exact) mass is 423 g/mol. The zero-order valence-corrected chi connectivity index (χ0v) is 16.5. The zero-order chi connectivity index (χ0) is 22.2. The summed E-state index contributed by atoms with van der Waals surface area (Å²) >= 11 is 0. The third-order valence-corrected chi connectivity index (χ3v) is 4.45. The first kappa shape index (κ1) is 22.0. The molecule has 0 saturated heterocycles. The predicted molar refractivity (Wildman–Crippen MR) is 111 cm³/mol. The van der Waals surface area contributed by atoms with Gasteiger partial charge in [-0.15, -0.1) is 0 Å². The number of benzene rings is 2. The summed E-state index contributed by atoms with van der Waals surface area (Å²) < 4.78 is 12.2. The normalized spacial score (nSPS) is 10.8. The highest BCUT2D eigenvalue weighted by molar-refractivity contribution is 5.39. The van der Waals surface area contributed by atoms with Crippen molar-refractivity contribution in [1.82, 2.24) is 9.55 Å². The molecule has 0 aliphatic carbocycles. The fourth-order valence-corrected chi connectivity index (χ4v) is 2.80. The van der Waals surface area contributed by atoms with Gasteiger partial charge in [0.2, 0.25) is 0 Å². The number of ether oxygens (including phenoxy) is 2. The van der Waals surface area contributed by atoms with Gasteiger partial charge in [0.05, 0.1) is 24.8 Å². The third kappa shape index (κ3) is 5.90. The van der Waals surface area contributed by atoms with E-state index in [9.17, 15) is 9.59 Å². The van der Waals surface area contributed by atoms with Crippen molar-refractivity contribution < 1.29 is 19.7 Å². The van der Waals surface area contributed by atoms with Crippen molar-refractivity contribution in [2.45, 2.75) is 19.3 Å². The lowest BCUT2D eigenvalue weighted by atomic mass is 10.1. The molecule has 3 aromatic rings. The molecule has 0 fully saturated rings. The van der Waals surface area contributed by atoms with E-state index in [2.05, 4.69) is 4.98 Å². The molecule has 1 aromatic heterocycles. The summed E-state index contributed by atoms with van der Waals surface area (Å²) in [5.74, 6) is 1.13. The van der Waals surface area contributed by atoms with E-state index in [0.29, 0.717) is 22.6 Å². The molecule has 0 aliphatic heterocycles. The third-order valence-electron chi connectivity index (χ3n) is 4.45. The molecule has 0 aliphatic rings. The molecule has 0 amide bonds. The SMILES string of the molecule is N#Cc1ccc(Oc2cccc(Cc3cn(COC(CO)CO)c(=O)[nH]c3=O)c2)cc1. The Kier molecular flexibility index (Phi) is 7.35. The molecule has 31 heavy (non-hydrogen) atoms. The van der Waals surface area contributed by atoms with E-state index in [1.54, 1.807) is 42.5 Å². The minimum Gasteiger partial charge on any atom is -0.457 e. The van der Waals surface area contributed by atoms with Gasteiger partial charge in [0.15, 0.2) is 0 Å². The standard InChI is InChI=1S/C22H21N3O6/c23-10-15-4-6-18(7-5-15)31-19-3-1-2-16(9-19)8-17-11-25(22(29)24-21(17)28)14-30-20(12-26)13-27/h1-7,9,11,20,26-27H,8,12-14H2,(H,24,28,29). The van der Waals surface area contributed by atoms with Gasteiger partial charge in [-0.05, 0) is 42.0 Å². The second-order valence-corrected chi connectivity index (χ2v) is 6.73. The summed E-state index contributed by atoms with van der Waals surface area (Å²) in [5.41, 5.74) is 0.486. The largest absolute Gasteiger partial charge is 0.457 e. The number of H-pyrrole nitrogens is 1. The Morgan fingerprint density at radius 2 is 1.81 bits per heavy atom. The average Bonchev–Trinajstić information content (AvgIpc) is 2.78. The maximum absolute atomic E-state index is 12.2. The van der Waals surface area contributed by atoms with Crippen molar-refractivity contribution in [3.63, 3.8) is 0 Å². The van der Waals surface area contributed by atoms with Crippen molar-refractivity contribution in [1.29, 1.82) is 5.26 Å². The van der Waals surface area contributed by atoms with E-state index in [4.69, 9.17) is 24.9 Å². The van der Waals surface area contributed by atoms with E-state index in [0.717, 1.165) is 10.1 Å². The van der Waals surface area contributed by atoms with E-state index >= 15 is 0 Å². The molecule has 0 radical (unpaired) electrons. The topological polar surface area (TPSA) is 138 Å². The fraction of sp³-hybridized carbons (Fsp3) is 0.227. The van der Waals surface area contributed by atoms with Crippen molar-refractivity contribution >= 4 is 0 Å². The summed E-state index contributed by atoms with van der Waals surface area (Å²) in [6.07, 6.45) is 0.809. The highest BCUT2D eigenvalue weighted by Gasteiger charge is 2.10. The molecule has 3 rings (SSSR count). The number of nitrogens with zero attached hydrogens (tertiary/aromatic N) is 2. The van der Waals surface area contributed by atoms with Crippen LogP contribution in [0.1, 0.15) is 16.7 Å². The number of aliphatic hydroxyl groups is 2. The van der Waals surface area contributed by atoms with Crippen LogP contribution in [0, 0.1) is 11.3 Å². The lowest BCUT2D eigenvalue weighted by molar-refractivity contribution is -0.0513. The van der Waals surface area contributed by atoms with Gasteiger partial charge in [-0.25, -0.2) is 4.79 Å². The van der Waals surface area contributed by atoms with E-state index in [-0.39, 0.29) is 13.2 Å². The first-order valence-corrected chi connectivity index (χ1v) is 9.45. The van der Waals surface area contributed by atoms with Gasteiger partial charge in [-0.2, -0.15) is 5.26 Å². The molecule has 9 heteroatoms. The van der Waals surface area contributed by atoms with Gasteiger partial charge >= 0.3 is 5.69 Å². The summed E-state index contributed by atoms with van der Waals surface area (Å²) in [6, 6.07) is 15.9. The van der Waals surface area contributed by atoms with Crippen LogP contribution >= 0.6 is 0 Å². The summed E-state index contributed by atoms with van der Waals surface area (Å²) in [7, 11) is 0. The van der Waals surface area contributed by atoms with Crippen LogP contribution in [0.25, 0.3) is 0 Å². The number of aliphatic hydroxyl groups excluding tert-OH is 2. The second-order valence-electron chi connectivity index (χ2n) is 6.73. The van der Waals surface area contributed by atoms with Gasteiger partial charge in [0, 0.05) is 18.2 Å². The van der Waals surface area contributed by atoms with Crippen LogP contribution in [0.15, 0.2) is 64.3 Å². The van der Waals surface area contributed by atoms with Gasteiger partial charge in [-0.1, -0.05) is 12.1 Å². The number of hydrogen-bond donors (Lipinski definition) is 3. The Morgan fingerprint density at radius 1 is 1.06 bits per heavy atom.